The molecule has 0 amide bonds. The summed E-state index contributed by atoms with van der Waals surface area (Å²) in [5, 5.41) is 4.38. The van der Waals surface area contributed by atoms with E-state index in [1.807, 2.05) is 20.3 Å². The summed E-state index contributed by atoms with van der Waals surface area (Å²) in [5.74, 6) is 1.73. The first kappa shape index (κ1) is 16.5. The van der Waals surface area contributed by atoms with Gasteiger partial charge < -0.3 is 11.7 Å². The Labute approximate surface area is 109 Å². The molecule has 1 atom stereocenters. The molecule has 0 aromatic carbocycles. The average molecular weight is 258 g/mol. The number of nitrogens with zero attached hydrogens (tertiary/aromatic N) is 1. The maximum atomic E-state index is 4.38. The molecule has 1 rings (SSSR count). The summed E-state index contributed by atoms with van der Waals surface area (Å²) >= 11 is 0. The molecule has 1 radical (unpaired) electrons. The average Bonchev–Trinajstić information content (AvgIpc) is 2.07. The first-order valence-corrected chi connectivity index (χ1v) is 5.09. The maximum Gasteiger partial charge on any atom is 0 e. The van der Waals surface area contributed by atoms with Crippen molar-refractivity contribution in [2.75, 3.05) is 13.1 Å². The van der Waals surface area contributed by atoms with Crippen LogP contribution in [0, 0.1) is 18.3 Å². The number of rotatable bonds is 1. The van der Waals surface area contributed by atoms with Gasteiger partial charge in [0.25, 0.3) is 0 Å². The van der Waals surface area contributed by atoms with Gasteiger partial charge in [-0.05, 0) is 5.92 Å². The van der Waals surface area contributed by atoms with Crippen molar-refractivity contribution in [1.82, 2.24) is 0 Å². The van der Waals surface area contributed by atoms with E-state index in [-0.39, 0.29) is 32.7 Å². The van der Waals surface area contributed by atoms with Crippen molar-refractivity contribution in [3.63, 3.8) is 0 Å². The van der Waals surface area contributed by atoms with Crippen LogP contribution in [0.4, 0.5) is 0 Å². The second-order valence-electron chi connectivity index (χ2n) is 3.85. The van der Waals surface area contributed by atoms with Gasteiger partial charge >= 0.3 is 0 Å². The quantitative estimate of drug-likeness (QED) is 0.637. The predicted molar refractivity (Wildman–Crippen MR) is 56.3 cm³/mol. The SMILES string of the molecule is CC(C)C1CCC[N-]C1.C[CH-]C.[Y]. The van der Waals surface area contributed by atoms with Gasteiger partial charge in [-0.15, -0.1) is 13.1 Å². The summed E-state index contributed by atoms with van der Waals surface area (Å²) in [4.78, 5) is 0. The van der Waals surface area contributed by atoms with E-state index >= 15 is 0 Å². The molecule has 1 saturated heterocycles. The van der Waals surface area contributed by atoms with Gasteiger partial charge in [0.05, 0.1) is 0 Å². The summed E-state index contributed by atoms with van der Waals surface area (Å²) < 4.78 is 0. The normalized spacial score (nSPS) is 21.5. The molecule has 2 heteroatoms. The zero-order valence-electron chi connectivity index (χ0n) is 9.59. The fraction of sp³-hybridized carbons (Fsp3) is 0.909. The Hall–Kier alpha value is 1.06. The topological polar surface area (TPSA) is 14.1 Å². The molecule has 0 N–H and O–H groups in total. The summed E-state index contributed by atoms with van der Waals surface area (Å²) in [6.07, 6.45) is 4.73. The molecule has 1 fully saturated rings. The van der Waals surface area contributed by atoms with Crippen LogP contribution in [0.15, 0.2) is 0 Å². The summed E-state index contributed by atoms with van der Waals surface area (Å²) in [7, 11) is 0. The number of hydrogen-bond donors (Lipinski definition) is 0. The van der Waals surface area contributed by atoms with E-state index in [9.17, 15) is 0 Å². The second-order valence-corrected chi connectivity index (χ2v) is 3.85. The molecule has 77 valence electrons. The van der Waals surface area contributed by atoms with E-state index in [0.29, 0.717) is 0 Å². The van der Waals surface area contributed by atoms with E-state index in [2.05, 4.69) is 19.2 Å². The number of hydrogen-bond acceptors (Lipinski definition) is 0. The smallest absolute Gasteiger partial charge is 0 e. The summed E-state index contributed by atoms with van der Waals surface area (Å²) in [5.41, 5.74) is 0. The zero-order chi connectivity index (χ0) is 9.40. The van der Waals surface area contributed by atoms with E-state index < -0.39 is 0 Å². The fourth-order valence-electron chi connectivity index (χ4n) is 1.36. The van der Waals surface area contributed by atoms with Gasteiger partial charge in [-0.1, -0.05) is 32.6 Å². The van der Waals surface area contributed by atoms with Gasteiger partial charge in [0.1, 0.15) is 0 Å². The van der Waals surface area contributed by atoms with Crippen molar-refractivity contribution < 1.29 is 32.7 Å². The molecule has 0 saturated carbocycles. The zero-order valence-corrected chi connectivity index (χ0v) is 12.4. The predicted octanol–water partition coefficient (Wildman–Crippen LogP) is 3.65. The first-order chi connectivity index (χ1) is 5.72. The molecular weight excluding hydrogens is 235 g/mol. The van der Waals surface area contributed by atoms with Crippen LogP contribution in [0.5, 0.6) is 0 Å². The molecule has 0 aromatic heterocycles. The molecule has 1 aliphatic heterocycles. The summed E-state index contributed by atoms with van der Waals surface area (Å²) in [6, 6.07) is 0. The molecule has 1 heterocycles. The van der Waals surface area contributed by atoms with Crippen LogP contribution >= 0.6 is 0 Å². The Kier molecular flexibility index (Phi) is 14.1. The molecule has 1 nitrogen and oxygen atoms in total. The van der Waals surface area contributed by atoms with Crippen LogP contribution < -0.4 is 0 Å². The van der Waals surface area contributed by atoms with Gasteiger partial charge in [-0.25, -0.2) is 0 Å². The molecule has 0 aromatic rings. The van der Waals surface area contributed by atoms with Crippen molar-refractivity contribution in [2.45, 2.75) is 40.5 Å². The molecule has 13 heavy (non-hydrogen) atoms. The van der Waals surface area contributed by atoms with Crippen LogP contribution in [-0.4, -0.2) is 13.1 Å². The van der Waals surface area contributed by atoms with Crippen molar-refractivity contribution in [2.24, 2.45) is 11.8 Å². The van der Waals surface area contributed by atoms with Crippen molar-refractivity contribution in [1.29, 1.82) is 0 Å². The maximum absolute atomic E-state index is 4.38. The first-order valence-electron chi connectivity index (χ1n) is 5.09. The minimum atomic E-state index is 0. The second kappa shape index (κ2) is 11.1. The Morgan fingerprint density at radius 3 is 2.08 bits per heavy atom. The minimum absolute atomic E-state index is 0. The number of piperidine rings is 1. The molecule has 0 aliphatic carbocycles. The van der Waals surface area contributed by atoms with Crippen molar-refractivity contribution in [3.05, 3.63) is 11.7 Å². The van der Waals surface area contributed by atoms with Crippen LogP contribution in [0.1, 0.15) is 40.5 Å². The molecule has 1 aliphatic rings. The Morgan fingerprint density at radius 2 is 1.85 bits per heavy atom. The minimum Gasteiger partial charge on any atom is -0.662 e. The molecule has 1 unspecified atom stereocenters. The molecule has 0 bridgehead atoms. The van der Waals surface area contributed by atoms with E-state index in [0.717, 1.165) is 24.9 Å². The van der Waals surface area contributed by atoms with Gasteiger partial charge in [0.15, 0.2) is 0 Å². The van der Waals surface area contributed by atoms with Crippen molar-refractivity contribution >= 4 is 0 Å². The van der Waals surface area contributed by atoms with Crippen LogP contribution in [0.25, 0.3) is 5.32 Å². The Bertz CT molecular complexity index is 88.1. The Balaban J connectivity index is 0. The largest absolute Gasteiger partial charge is 0.662 e. The van der Waals surface area contributed by atoms with Crippen LogP contribution in [0.2, 0.25) is 0 Å². The van der Waals surface area contributed by atoms with E-state index in [1.54, 1.807) is 0 Å². The van der Waals surface area contributed by atoms with Gasteiger partial charge in [-0.3, -0.25) is 0 Å². The standard InChI is InChI=1S/C8H16N.C3H7.Y/c1-7(2)8-4-3-5-9-6-8;1-3-2;/h7-8H,3-6H2,1-2H3;3H,1-2H3;/q2*-1;. The molecule has 0 spiro atoms. The van der Waals surface area contributed by atoms with Gasteiger partial charge in [0, 0.05) is 32.7 Å². The molecular formula is C11H23NY-2. The van der Waals surface area contributed by atoms with E-state index in [1.165, 1.54) is 12.8 Å². The van der Waals surface area contributed by atoms with E-state index in [4.69, 9.17) is 0 Å². The van der Waals surface area contributed by atoms with Crippen LogP contribution in [-0.2, 0) is 32.7 Å². The third-order valence-electron chi connectivity index (χ3n) is 2.20. The van der Waals surface area contributed by atoms with Crippen molar-refractivity contribution in [3.8, 4) is 0 Å². The van der Waals surface area contributed by atoms with Gasteiger partial charge in [0.2, 0.25) is 0 Å². The van der Waals surface area contributed by atoms with Gasteiger partial charge in [-0.2, -0.15) is 13.8 Å². The third kappa shape index (κ3) is 9.37. The fourth-order valence-corrected chi connectivity index (χ4v) is 1.36. The monoisotopic (exact) mass is 258 g/mol. The third-order valence-corrected chi connectivity index (χ3v) is 2.20. The summed E-state index contributed by atoms with van der Waals surface area (Å²) in [6.45, 7) is 10.8. The Morgan fingerprint density at radius 1 is 1.31 bits per heavy atom. The van der Waals surface area contributed by atoms with Crippen LogP contribution in [0.3, 0.4) is 0 Å².